The Bertz CT molecular complexity index is 555. The molecule has 1 atom stereocenters. The molecule has 0 N–H and O–H groups in total. The molecule has 0 saturated heterocycles. The Hall–Kier alpha value is -2.10. The molecule has 1 heterocycles. The number of methoxy groups -OCH3 is 1. The lowest BCUT2D eigenvalue weighted by molar-refractivity contribution is -0.114. The van der Waals surface area contributed by atoms with Crippen molar-refractivity contribution in [3.63, 3.8) is 0 Å². The van der Waals surface area contributed by atoms with Gasteiger partial charge >= 0.3 is 0 Å². The van der Waals surface area contributed by atoms with Crippen LogP contribution in [0, 0.1) is 0 Å². The van der Waals surface area contributed by atoms with Crippen LogP contribution in [0.4, 0.5) is 4.39 Å². The number of hydrogen-bond acceptors (Lipinski definition) is 3. The van der Waals surface area contributed by atoms with Gasteiger partial charge in [-0.25, -0.2) is 0 Å². The highest BCUT2D eigenvalue weighted by Crippen LogP contribution is 2.35. The Morgan fingerprint density at radius 3 is 2.47 bits per heavy atom. The molecule has 0 bridgehead atoms. The summed E-state index contributed by atoms with van der Waals surface area (Å²) in [6.07, 6.45) is 1.31. The predicted octanol–water partition coefficient (Wildman–Crippen LogP) is 3.48. The van der Waals surface area contributed by atoms with Crippen LogP contribution in [-0.2, 0) is 9.53 Å². The van der Waals surface area contributed by atoms with E-state index in [4.69, 9.17) is 9.47 Å². The topological polar surface area (TPSA) is 35.5 Å². The molecule has 3 nitrogen and oxygen atoms in total. The fourth-order valence-corrected chi connectivity index (χ4v) is 2.21. The van der Waals surface area contributed by atoms with Gasteiger partial charge in [-0.05, 0) is 31.5 Å². The van der Waals surface area contributed by atoms with E-state index in [-0.39, 0.29) is 5.78 Å². The van der Waals surface area contributed by atoms with Gasteiger partial charge in [-0.3, -0.25) is 4.79 Å². The van der Waals surface area contributed by atoms with Gasteiger partial charge in [-0.2, -0.15) is 4.39 Å². The molecule has 0 radical (unpaired) electrons. The number of Topliss-reactive ketones (excluding diaryl/α,β-unsaturated/α-hetero) is 1. The summed E-state index contributed by atoms with van der Waals surface area (Å²) >= 11 is 0. The highest BCUT2D eigenvalue weighted by atomic mass is 19.1. The van der Waals surface area contributed by atoms with E-state index < -0.39 is 11.9 Å². The van der Waals surface area contributed by atoms with Gasteiger partial charge < -0.3 is 9.47 Å². The van der Waals surface area contributed by atoms with E-state index in [9.17, 15) is 9.18 Å². The third kappa shape index (κ3) is 2.67. The van der Waals surface area contributed by atoms with Crippen LogP contribution in [0.5, 0.6) is 5.75 Å². The summed E-state index contributed by atoms with van der Waals surface area (Å²) in [5.41, 5.74) is 1.30. The molecule has 0 fully saturated rings. The van der Waals surface area contributed by atoms with E-state index in [0.717, 1.165) is 5.56 Å². The van der Waals surface area contributed by atoms with E-state index in [1.165, 1.54) is 13.0 Å². The smallest absolute Gasteiger partial charge is 0.274 e. The number of allylic oxidation sites excluding steroid dienone is 3. The summed E-state index contributed by atoms with van der Waals surface area (Å²) in [6.45, 7) is 3.05. The average Bonchev–Trinajstić information content (AvgIpc) is 2.37. The molecule has 1 aliphatic rings. The first-order chi connectivity index (χ1) is 9.02. The second kappa shape index (κ2) is 5.26. The van der Waals surface area contributed by atoms with Gasteiger partial charge in [0.15, 0.2) is 5.78 Å². The summed E-state index contributed by atoms with van der Waals surface area (Å²) in [6, 6.07) is 6.51. The Kier molecular flexibility index (Phi) is 3.69. The zero-order chi connectivity index (χ0) is 14.0. The third-order valence-electron chi connectivity index (χ3n) is 3.09. The van der Waals surface area contributed by atoms with Crippen LogP contribution in [0.2, 0.25) is 0 Å². The maximum absolute atomic E-state index is 13.4. The summed E-state index contributed by atoms with van der Waals surface area (Å²) in [4.78, 5) is 11.7. The van der Waals surface area contributed by atoms with Crippen LogP contribution < -0.4 is 4.74 Å². The van der Waals surface area contributed by atoms with Crippen LogP contribution in [-0.4, -0.2) is 12.9 Å². The Morgan fingerprint density at radius 2 is 1.95 bits per heavy atom. The number of ketones is 1. The molecule has 4 heteroatoms. The molecule has 1 aliphatic heterocycles. The molecule has 100 valence electrons. The average molecular weight is 262 g/mol. The lowest BCUT2D eigenvalue weighted by Gasteiger charge is -2.22. The van der Waals surface area contributed by atoms with Crippen molar-refractivity contribution in [1.82, 2.24) is 0 Å². The molecule has 1 unspecified atom stereocenters. The zero-order valence-corrected chi connectivity index (χ0v) is 11.1. The van der Waals surface area contributed by atoms with E-state index in [1.807, 2.05) is 12.1 Å². The second-order valence-corrected chi connectivity index (χ2v) is 4.35. The van der Waals surface area contributed by atoms with Gasteiger partial charge in [-0.15, -0.1) is 0 Å². The van der Waals surface area contributed by atoms with E-state index in [1.54, 1.807) is 26.2 Å². The van der Waals surface area contributed by atoms with Gasteiger partial charge in [0.25, 0.3) is 6.01 Å². The molecule has 0 spiro atoms. The Labute approximate surface area is 111 Å². The molecule has 0 amide bonds. The monoisotopic (exact) mass is 262 g/mol. The van der Waals surface area contributed by atoms with Crippen molar-refractivity contribution in [2.75, 3.05) is 7.11 Å². The number of benzene rings is 1. The van der Waals surface area contributed by atoms with Crippen molar-refractivity contribution in [2.24, 2.45) is 0 Å². The van der Waals surface area contributed by atoms with Crippen LogP contribution in [0.1, 0.15) is 25.3 Å². The predicted molar refractivity (Wildman–Crippen MR) is 69.4 cm³/mol. The maximum Gasteiger partial charge on any atom is 0.274 e. The van der Waals surface area contributed by atoms with Gasteiger partial charge in [0, 0.05) is 17.6 Å². The van der Waals surface area contributed by atoms with Crippen LogP contribution >= 0.6 is 0 Å². The first kappa shape index (κ1) is 13.3. The summed E-state index contributed by atoms with van der Waals surface area (Å²) < 4.78 is 23.4. The van der Waals surface area contributed by atoms with Crippen molar-refractivity contribution < 1.29 is 18.7 Å². The molecule has 2 rings (SSSR count). The minimum absolute atomic E-state index is 0.123. The van der Waals surface area contributed by atoms with E-state index in [2.05, 4.69) is 0 Å². The largest absolute Gasteiger partial charge is 0.497 e. The van der Waals surface area contributed by atoms with Crippen molar-refractivity contribution >= 4 is 5.78 Å². The molecule has 19 heavy (non-hydrogen) atoms. The standard InChI is InChI=1S/C15H15FO3/c1-9(17)15-10(2)19-14(16)8-13(15)11-4-6-12(18-3)7-5-11/h4-8,13H,1-3H3. The number of halogens is 1. The summed E-state index contributed by atoms with van der Waals surface area (Å²) in [7, 11) is 1.58. The number of rotatable bonds is 3. The highest BCUT2D eigenvalue weighted by molar-refractivity contribution is 5.96. The van der Waals surface area contributed by atoms with Gasteiger partial charge in [0.05, 0.1) is 7.11 Å². The summed E-state index contributed by atoms with van der Waals surface area (Å²) in [5, 5.41) is 0. The van der Waals surface area contributed by atoms with Crippen molar-refractivity contribution in [3.05, 3.63) is 53.3 Å². The van der Waals surface area contributed by atoms with Crippen molar-refractivity contribution in [1.29, 1.82) is 0 Å². The van der Waals surface area contributed by atoms with Crippen molar-refractivity contribution in [3.8, 4) is 5.75 Å². The second-order valence-electron chi connectivity index (χ2n) is 4.35. The highest BCUT2D eigenvalue weighted by Gasteiger charge is 2.27. The Morgan fingerprint density at radius 1 is 1.32 bits per heavy atom. The Balaban J connectivity index is 2.44. The first-order valence-corrected chi connectivity index (χ1v) is 5.93. The van der Waals surface area contributed by atoms with E-state index >= 15 is 0 Å². The lowest BCUT2D eigenvalue weighted by Crippen LogP contribution is -2.15. The fraction of sp³-hybridized carbons (Fsp3) is 0.267. The van der Waals surface area contributed by atoms with Gasteiger partial charge in [-0.1, -0.05) is 12.1 Å². The summed E-state index contributed by atoms with van der Waals surface area (Å²) in [5.74, 6) is 0.484. The molecular formula is C15H15FO3. The van der Waals surface area contributed by atoms with Crippen LogP contribution in [0.25, 0.3) is 0 Å². The SMILES string of the molecule is COc1ccc(C2C=C(F)OC(C)=C2C(C)=O)cc1. The van der Waals surface area contributed by atoms with Crippen LogP contribution in [0.15, 0.2) is 47.7 Å². The normalized spacial score (nSPS) is 18.7. The lowest BCUT2D eigenvalue weighted by atomic mass is 9.87. The molecule has 0 saturated carbocycles. The van der Waals surface area contributed by atoms with Gasteiger partial charge in [0.2, 0.25) is 0 Å². The minimum Gasteiger partial charge on any atom is -0.497 e. The molecule has 0 aromatic heterocycles. The quantitative estimate of drug-likeness (QED) is 0.836. The molecular weight excluding hydrogens is 247 g/mol. The van der Waals surface area contributed by atoms with Crippen molar-refractivity contribution in [2.45, 2.75) is 19.8 Å². The molecule has 1 aromatic carbocycles. The fourth-order valence-electron chi connectivity index (χ4n) is 2.21. The molecule has 0 aliphatic carbocycles. The number of hydrogen-bond donors (Lipinski definition) is 0. The number of ether oxygens (including phenoxy) is 2. The number of carbonyl (C=O) groups excluding carboxylic acids is 1. The van der Waals surface area contributed by atoms with E-state index in [0.29, 0.717) is 17.1 Å². The van der Waals surface area contributed by atoms with Gasteiger partial charge in [0.1, 0.15) is 11.5 Å². The zero-order valence-electron chi connectivity index (χ0n) is 11.1. The first-order valence-electron chi connectivity index (χ1n) is 5.93. The van der Waals surface area contributed by atoms with Crippen LogP contribution in [0.3, 0.4) is 0 Å². The third-order valence-corrected chi connectivity index (χ3v) is 3.09. The molecule has 1 aromatic rings. The maximum atomic E-state index is 13.4. The minimum atomic E-state index is -0.677. The number of carbonyl (C=O) groups is 1.